The molecule has 2 aromatic heterocycles. The molecular weight excluding hydrogens is 386 g/mol. The Kier molecular flexibility index (Phi) is 4.26. The zero-order valence-electron chi connectivity index (χ0n) is 15.5. The van der Waals surface area contributed by atoms with E-state index in [1.807, 2.05) is 0 Å². The van der Waals surface area contributed by atoms with Gasteiger partial charge in [0.15, 0.2) is 5.65 Å². The zero-order valence-corrected chi connectivity index (χ0v) is 15.5. The minimum absolute atomic E-state index is 0.164. The molecule has 0 atom stereocenters. The highest BCUT2D eigenvalue weighted by molar-refractivity contribution is 5.57. The normalized spacial score (nSPS) is 21.9. The van der Waals surface area contributed by atoms with E-state index in [0.29, 0.717) is 31.0 Å². The average molecular weight is 405 g/mol. The number of hydrogen-bond acceptors (Lipinski definition) is 3. The predicted octanol–water partition coefficient (Wildman–Crippen LogP) is 5.16. The molecule has 0 N–H and O–H groups in total. The number of nitrogens with zero attached hydrogens (tertiary/aromatic N) is 3. The number of hydrogen-bond donors (Lipinski definition) is 0. The maximum Gasteiger partial charge on any atom is 0.423 e. The van der Waals surface area contributed by atoms with E-state index in [1.165, 1.54) is 22.6 Å². The molecule has 1 aromatic carbocycles. The lowest BCUT2D eigenvalue weighted by molar-refractivity contribution is -0.138. The molecule has 4 nitrogen and oxygen atoms in total. The Morgan fingerprint density at radius 3 is 2.41 bits per heavy atom. The van der Waals surface area contributed by atoms with Gasteiger partial charge in [0.1, 0.15) is 23.0 Å². The van der Waals surface area contributed by atoms with E-state index in [9.17, 15) is 17.6 Å². The molecule has 8 heteroatoms. The summed E-state index contributed by atoms with van der Waals surface area (Å²) in [6, 6.07) is 7.57. The van der Waals surface area contributed by atoms with Gasteiger partial charge in [0.25, 0.3) is 0 Å². The van der Waals surface area contributed by atoms with Crippen molar-refractivity contribution in [2.45, 2.75) is 50.3 Å². The third-order valence-corrected chi connectivity index (χ3v) is 5.79. The molecule has 152 valence electrons. The molecule has 0 amide bonds. The van der Waals surface area contributed by atoms with Gasteiger partial charge in [-0.25, -0.2) is 4.39 Å². The van der Waals surface area contributed by atoms with E-state index < -0.39 is 11.7 Å². The highest BCUT2D eigenvalue weighted by Crippen LogP contribution is 2.44. The Morgan fingerprint density at radius 1 is 1.03 bits per heavy atom. The predicted molar refractivity (Wildman–Crippen MR) is 97.2 cm³/mol. The van der Waals surface area contributed by atoms with E-state index in [0.717, 1.165) is 18.4 Å². The highest BCUT2D eigenvalue weighted by atomic mass is 19.4. The summed E-state index contributed by atoms with van der Waals surface area (Å²) in [5.41, 5.74) is -0.111. The molecule has 0 spiro atoms. The average Bonchev–Trinajstić information content (AvgIpc) is 3.36. The van der Waals surface area contributed by atoms with Crippen molar-refractivity contribution in [2.75, 3.05) is 0 Å². The number of rotatable bonds is 5. The van der Waals surface area contributed by atoms with Crippen LogP contribution < -0.4 is 4.74 Å². The van der Waals surface area contributed by atoms with Gasteiger partial charge >= 0.3 is 6.18 Å². The SMILES string of the molecule is Fc1ccc([C@H]2C[C@H](Oc3ccn4c(CC5CC5)nnc4c3C(F)(F)F)C2)cc1. The molecule has 2 aliphatic rings. The van der Waals surface area contributed by atoms with Crippen LogP contribution in [0.15, 0.2) is 36.5 Å². The van der Waals surface area contributed by atoms with Gasteiger partial charge in [-0.2, -0.15) is 13.2 Å². The number of aromatic nitrogens is 3. The van der Waals surface area contributed by atoms with Crippen LogP contribution >= 0.6 is 0 Å². The molecule has 2 aliphatic carbocycles. The van der Waals surface area contributed by atoms with Crippen molar-refractivity contribution in [3.8, 4) is 5.75 Å². The monoisotopic (exact) mass is 405 g/mol. The molecule has 0 bridgehead atoms. The molecule has 2 saturated carbocycles. The van der Waals surface area contributed by atoms with Crippen molar-refractivity contribution >= 4 is 5.65 Å². The second-order valence-electron chi connectivity index (χ2n) is 7.97. The van der Waals surface area contributed by atoms with Crippen molar-refractivity contribution in [2.24, 2.45) is 5.92 Å². The Balaban J connectivity index is 1.38. The Hall–Kier alpha value is -2.64. The van der Waals surface area contributed by atoms with E-state index in [4.69, 9.17) is 4.74 Å². The summed E-state index contributed by atoms with van der Waals surface area (Å²) in [4.78, 5) is 0. The second-order valence-corrected chi connectivity index (χ2v) is 7.97. The van der Waals surface area contributed by atoms with Crippen LogP contribution in [0.3, 0.4) is 0 Å². The van der Waals surface area contributed by atoms with Gasteiger partial charge in [0, 0.05) is 12.6 Å². The molecular formula is C21H19F4N3O. The third-order valence-electron chi connectivity index (χ3n) is 5.79. The molecule has 29 heavy (non-hydrogen) atoms. The smallest absolute Gasteiger partial charge is 0.423 e. The fraction of sp³-hybridized carbons (Fsp3) is 0.429. The zero-order chi connectivity index (χ0) is 20.2. The first kappa shape index (κ1) is 18.4. The fourth-order valence-corrected chi connectivity index (χ4v) is 3.92. The number of pyridine rings is 1. The highest BCUT2D eigenvalue weighted by Gasteiger charge is 2.41. The van der Waals surface area contributed by atoms with Crippen molar-refractivity contribution in [3.63, 3.8) is 0 Å². The van der Waals surface area contributed by atoms with Gasteiger partial charge in [-0.1, -0.05) is 12.1 Å². The molecule has 5 rings (SSSR count). The van der Waals surface area contributed by atoms with E-state index >= 15 is 0 Å². The summed E-state index contributed by atoms with van der Waals surface area (Å²) in [5.74, 6) is 0.693. The van der Waals surface area contributed by atoms with Crippen molar-refractivity contribution < 1.29 is 22.3 Å². The standard InChI is InChI=1S/C21H19F4N3O/c22-15-5-3-13(4-6-15)14-10-16(11-14)29-17-7-8-28-18(9-12-1-2-12)26-27-20(28)19(17)21(23,24)25/h3-8,12,14,16H,1-2,9-11H2/t14-,16-. The molecule has 0 saturated heterocycles. The molecule has 3 aromatic rings. The van der Waals surface area contributed by atoms with Crippen LogP contribution in [0.4, 0.5) is 17.6 Å². The lowest BCUT2D eigenvalue weighted by Gasteiger charge is -2.36. The van der Waals surface area contributed by atoms with Gasteiger partial charge < -0.3 is 4.74 Å². The van der Waals surface area contributed by atoms with Gasteiger partial charge in [-0.15, -0.1) is 10.2 Å². The van der Waals surface area contributed by atoms with Crippen LogP contribution in [-0.4, -0.2) is 20.7 Å². The van der Waals surface area contributed by atoms with E-state index in [2.05, 4.69) is 10.2 Å². The summed E-state index contributed by atoms with van der Waals surface area (Å²) < 4.78 is 61.6. The van der Waals surface area contributed by atoms with Gasteiger partial charge in [0.05, 0.1) is 6.10 Å². The van der Waals surface area contributed by atoms with Crippen LogP contribution in [-0.2, 0) is 12.6 Å². The Bertz CT molecular complexity index is 1030. The number of halogens is 4. The summed E-state index contributed by atoms with van der Waals surface area (Å²) in [5, 5.41) is 7.82. The van der Waals surface area contributed by atoms with Crippen LogP contribution in [0.25, 0.3) is 5.65 Å². The quantitative estimate of drug-likeness (QED) is 0.550. The lowest BCUT2D eigenvalue weighted by Crippen LogP contribution is -2.33. The number of benzene rings is 1. The van der Waals surface area contributed by atoms with Gasteiger partial charge in [0.2, 0.25) is 0 Å². The molecule has 2 fully saturated rings. The van der Waals surface area contributed by atoms with Crippen LogP contribution in [0.2, 0.25) is 0 Å². The van der Waals surface area contributed by atoms with Crippen LogP contribution in [0.5, 0.6) is 5.75 Å². The maximum atomic E-state index is 13.8. The minimum atomic E-state index is -4.60. The first-order valence-corrected chi connectivity index (χ1v) is 9.74. The summed E-state index contributed by atoms with van der Waals surface area (Å²) >= 11 is 0. The van der Waals surface area contributed by atoms with E-state index in [-0.39, 0.29) is 29.2 Å². The lowest BCUT2D eigenvalue weighted by atomic mass is 9.77. The van der Waals surface area contributed by atoms with Gasteiger partial charge in [-0.05, 0) is 61.3 Å². The van der Waals surface area contributed by atoms with Crippen molar-refractivity contribution in [1.82, 2.24) is 14.6 Å². The Labute approximate surface area is 164 Å². The summed E-state index contributed by atoms with van der Waals surface area (Å²) in [6.07, 6.45) is 0.637. The molecule has 0 aliphatic heterocycles. The molecule has 0 radical (unpaired) electrons. The largest absolute Gasteiger partial charge is 0.490 e. The number of alkyl halides is 3. The first-order valence-electron chi connectivity index (χ1n) is 9.74. The summed E-state index contributed by atoms with van der Waals surface area (Å²) in [6.45, 7) is 0. The van der Waals surface area contributed by atoms with Crippen LogP contribution in [0.1, 0.15) is 48.6 Å². The van der Waals surface area contributed by atoms with Gasteiger partial charge in [-0.3, -0.25) is 4.40 Å². The van der Waals surface area contributed by atoms with Crippen molar-refractivity contribution in [3.05, 3.63) is 59.3 Å². The minimum Gasteiger partial charge on any atom is -0.490 e. The number of fused-ring (bicyclic) bond motifs is 1. The fourth-order valence-electron chi connectivity index (χ4n) is 3.92. The third kappa shape index (κ3) is 3.56. The molecule has 0 unspecified atom stereocenters. The first-order chi connectivity index (χ1) is 13.9. The second kappa shape index (κ2) is 6.71. The maximum absolute atomic E-state index is 13.8. The molecule has 2 heterocycles. The van der Waals surface area contributed by atoms with E-state index in [1.54, 1.807) is 18.3 Å². The Morgan fingerprint density at radius 2 is 1.76 bits per heavy atom. The summed E-state index contributed by atoms with van der Waals surface area (Å²) in [7, 11) is 0. The topological polar surface area (TPSA) is 39.4 Å². The van der Waals surface area contributed by atoms with Crippen molar-refractivity contribution in [1.29, 1.82) is 0 Å². The van der Waals surface area contributed by atoms with Crippen LogP contribution in [0, 0.1) is 11.7 Å². The number of ether oxygens (including phenoxy) is 1.